The molecule has 3 aromatic rings. The molecule has 0 spiro atoms. The summed E-state index contributed by atoms with van der Waals surface area (Å²) in [5, 5.41) is 6.25. The highest BCUT2D eigenvalue weighted by Gasteiger charge is 2.30. The maximum atomic E-state index is 12.9. The molecule has 0 aliphatic heterocycles. The molecule has 5 nitrogen and oxygen atoms in total. The molecule has 0 bridgehead atoms. The lowest BCUT2D eigenvalue weighted by atomic mass is 10.2. The standard InChI is InChI=1S/C21H21F3N4OS/c1-3-4-8-18(29)28-20-26-13(2)19(30-20)14-9-10-25-17(11-14)27-16-7-5-6-15(12-16)21(22,23)24/h5-7,9-12H,3-4,8H2,1-2H3,(H,25,27)(H,26,28,29). The number of aryl methyl sites for hydroxylation is 1. The van der Waals surface area contributed by atoms with E-state index in [0.29, 0.717) is 23.1 Å². The molecule has 158 valence electrons. The molecule has 9 heteroatoms. The van der Waals surface area contributed by atoms with Gasteiger partial charge in [0.15, 0.2) is 5.13 Å². The van der Waals surface area contributed by atoms with Gasteiger partial charge in [0.05, 0.1) is 16.1 Å². The van der Waals surface area contributed by atoms with E-state index < -0.39 is 11.7 Å². The first kappa shape index (κ1) is 21.8. The van der Waals surface area contributed by atoms with Crippen LogP contribution in [0.4, 0.5) is 29.8 Å². The number of amides is 1. The van der Waals surface area contributed by atoms with Crippen LogP contribution in [0.1, 0.15) is 37.4 Å². The Morgan fingerprint density at radius 2 is 2.00 bits per heavy atom. The van der Waals surface area contributed by atoms with Crippen LogP contribution in [0.15, 0.2) is 42.6 Å². The molecule has 30 heavy (non-hydrogen) atoms. The van der Waals surface area contributed by atoms with E-state index in [0.717, 1.165) is 41.1 Å². The van der Waals surface area contributed by atoms with E-state index >= 15 is 0 Å². The average Bonchev–Trinajstić information content (AvgIpc) is 3.06. The van der Waals surface area contributed by atoms with Gasteiger partial charge >= 0.3 is 6.18 Å². The molecule has 1 aromatic carbocycles. The third-order valence-electron chi connectivity index (χ3n) is 4.28. The van der Waals surface area contributed by atoms with Gasteiger partial charge in [0.25, 0.3) is 0 Å². The van der Waals surface area contributed by atoms with Crippen LogP contribution >= 0.6 is 11.3 Å². The Kier molecular flexibility index (Phi) is 6.71. The van der Waals surface area contributed by atoms with E-state index in [1.807, 2.05) is 13.8 Å². The Balaban J connectivity index is 1.78. The van der Waals surface area contributed by atoms with E-state index in [-0.39, 0.29) is 5.91 Å². The highest BCUT2D eigenvalue weighted by Crippen LogP contribution is 2.35. The second-order valence-corrected chi connectivity index (χ2v) is 7.72. The van der Waals surface area contributed by atoms with Gasteiger partial charge in [-0.1, -0.05) is 30.7 Å². The fraction of sp³-hybridized carbons (Fsp3) is 0.286. The van der Waals surface area contributed by atoms with E-state index in [2.05, 4.69) is 20.6 Å². The highest BCUT2D eigenvalue weighted by molar-refractivity contribution is 7.19. The predicted molar refractivity (Wildman–Crippen MR) is 113 cm³/mol. The molecule has 3 rings (SSSR count). The molecular formula is C21H21F3N4OS. The van der Waals surface area contributed by atoms with Crippen LogP contribution in [0.25, 0.3) is 10.4 Å². The number of hydrogen-bond donors (Lipinski definition) is 2. The quantitative estimate of drug-likeness (QED) is 0.451. The summed E-state index contributed by atoms with van der Waals surface area (Å²) in [6.07, 6.45) is -0.633. The largest absolute Gasteiger partial charge is 0.416 e. The van der Waals surface area contributed by atoms with E-state index in [4.69, 9.17) is 0 Å². The summed E-state index contributed by atoms with van der Waals surface area (Å²) >= 11 is 1.35. The zero-order valence-electron chi connectivity index (χ0n) is 16.5. The lowest BCUT2D eigenvalue weighted by Crippen LogP contribution is -2.10. The number of thiazole rings is 1. The Bertz CT molecular complexity index is 1030. The average molecular weight is 434 g/mol. The lowest BCUT2D eigenvalue weighted by molar-refractivity contribution is -0.137. The summed E-state index contributed by atoms with van der Waals surface area (Å²) in [7, 11) is 0. The van der Waals surface area contributed by atoms with Crippen LogP contribution in [-0.2, 0) is 11.0 Å². The number of unbranched alkanes of at least 4 members (excludes halogenated alkanes) is 1. The number of pyridine rings is 1. The lowest BCUT2D eigenvalue weighted by Gasteiger charge is -2.10. The first-order valence-corrected chi connectivity index (χ1v) is 10.3. The molecule has 2 heterocycles. The van der Waals surface area contributed by atoms with Gasteiger partial charge in [-0.15, -0.1) is 0 Å². The smallest absolute Gasteiger partial charge is 0.340 e. The number of carbonyl (C=O) groups excluding carboxylic acids is 1. The second kappa shape index (κ2) is 9.25. The van der Waals surface area contributed by atoms with E-state index in [1.165, 1.54) is 17.4 Å². The number of aromatic nitrogens is 2. The van der Waals surface area contributed by atoms with Crippen LogP contribution in [0.5, 0.6) is 0 Å². The van der Waals surface area contributed by atoms with Crippen molar-refractivity contribution in [3.05, 3.63) is 53.9 Å². The summed E-state index contributed by atoms with van der Waals surface area (Å²) in [6.45, 7) is 3.86. The van der Waals surface area contributed by atoms with Crippen molar-refractivity contribution >= 4 is 33.9 Å². The van der Waals surface area contributed by atoms with Gasteiger partial charge in [-0.05, 0) is 49.2 Å². The Morgan fingerprint density at radius 3 is 2.73 bits per heavy atom. The van der Waals surface area contributed by atoms with E-state index in [9.17, 15) is 18.0 Å². The number of anilines is 3. The predicted octanol–water partition coefficient (Wildman–Crippen LogP) is 6.40. The van der Waals surface area contributed by atoms with Crippen molar-refractivity contribution in [1.29, 1.82) is 0 Å². The summed E-state index contributed by atoms with van der Waals surface area (Å²) < 4.78 is 38.8. The normalized spacial score (nSPS) is 11.4. The number of benzene rings is 1. The van der Waals surface area contributed by atoms with Crippen molar-refractivity contribution in [2.24, 2.45) is 0 Å². The van der Waals surface area contributed by atoms with Crippen LogP contribution < -0.4 is 10.6 Å². The molecule has 2 N–H and O–H groups in total. The molecule has 0 saturated carbocycles. The molecule has 0 radical (unpaired) electrons. The maximum absolute atomic E-state index is 12.9. The van der Waals surface area contributed by atoms with Crippen molar-refractivity contribution < 1.29 is 18.0 Å². The molecule has 0 saturated heterocycles. The second-order valence-electron chi connectivity index (χ2n) is 6.72. The van der Waals surface area contributed by atoms with Crippen molar-refractivity contribution in [2.75, 3.05) is 10.6 Å². The maximum Gasteiger partial charge on any atom is 0.416 e. The molecular weight excluding hydrogens is 413 g/mol. The van der Waals surface area contributed by atoms with Crippen LogP contribution in [0.3, 0.4) is 0 Å². The summed E-state index contributed by atoms with van der Waals surface area (Å²) in [5.41, 5.74) is 1.12. The minimum atomic E-state index is -4.41. The molecule has 0 aliphatic rings. The van der Waals surface area contributed by atoms with Gasteiger partial charge in [-0.2, -0.15) is 13.2 Å². The number of hydrogen-bond acceptors (Lipinski definition) is 5. The molecule has 0 aliphatic carbocycles. The van der Waals surface area contributed by atoms with Crippen LogP contribution in [-0.4, -0.2) is 15.9 Å². The number of alkyl halides is 3. The van der Waals surface area contributed by atoms with Crippen LogP contribution in [0, 0.1) is 6.92 Å². The molecule has 0 fully saturated rings. The summed E-state index contributed by atoms with van der Waals surface area (Å²) in [6, 6.07) is 8.48. The molecule has 0 atom stereocenters. The minimum absolute atomic E-state index is 0.0706. The third-order valence-corrected chi connectivity index (χ3v) is 5.41. The number of nitrogens with zero attached hydrogens (tertiary/aromatic N) is 2. The number of carbonyl (C=O) groups is 1. The molecule has 1 amide bonds. The third kappa shape index (κ3) is 5.56. The van der Waals surface area contributed by atoms with Gasteiger partial charge in [0.2, 0.25) is 5.91 Å². The zero-order valence-corrected chi connectivity index (χ0v) is 17.3. The van der Waals surface area contributed by atoms with Gasteiger partial charge in [0.1, 0.15) is 5.82 Å². The number of rotatable bonds is 7. The van der Waals surface area contributed by atoms with Crippen molar-refractivity contribution in [1.82, 2.24) is 9.97 Å². The van der Waals surface area contributed by atoms with E-state index in [1.54, 1.807) is 24.4 Å². The van der Waals surface area contributed by atoms with Gasteiger partial charge in [-0.25, -0.2) is 9.97 Å². The summed E-state index contributed by atoms with van der Waals surface area (Å²) in [4.78, 5) is 21.4. The van der Waals surface area contributed by atoms with Gasteiger partial charge < -0.3 is 10.6 Å². The van der Waals surface area contributed by atoms with Crippen molar-refractivity contribution in [3.8, 4) is 10.4 Å². The minimum Gasteiger partial charge on any atom is -0.340 e. The van der Waals surface area contributed by atoms with Crippen LogP contribution in [0.2, 0.25) is 0 Å². The number of halogens is 3. The molecule has 2 aromatic heterocycles. The molecule has 0 unspecified atom stereocenters. The zero-order chi connectivity index (χ0) is 21.7. The van der Waals surface area contributed by atoms with Gasteiger partial charge in [-0.3, -0.25) is 4.79 Å². The van der Waals surface area contributed by atoms with Crippen molar-refractivity contribution in [2.45, 2.75) is 39.3 Å². The monoisotopic (exact) mass is 434 g/mol. The fourth-order valence-corrected chi connectivity index (χ4v) is 3.78. The Hall–Kier alpha value is -2.94. The fourth-order valence-electron chi connectivity index (χ4n) is 2.80. The topological polar surface area (TPSA) is 66.9 Å². The SMILES string of the molecule is CCCCC(=O)Nc1nc(C)c(-c2ccnc(Nc3cccc(C(F)(F)F)c3)c2)s1. The highest BCUT2D eigenvalue weighted by atomic mass is 32.1. The first-order valence-electron chi connectivity index (χ1n) is 9.44. The van der Waals surface area contributed by atoms with Crippen molar-refractivity contribution in [3.63, 3.8) is 0 Å². The first-order chi connectivity index (χ1) is 14.3. The Morgan fingerprint density at radius 1 is 1.20 bits per heavy atom. The van der Waals surface area contributed by atoms with Gasteiger partial charge in [0, 0.05) is 18.3 Å². The Labute approximate surface area is 176 Å². The number of nitrogens with one attached hydrogen (secondary N) is 2. The summed E-state index contributed by atoms with van der Waals surface area (Å²) in [5.74, 6) is 0.340.